The summed E-state index contributed by atoms with van der Waals surface area (Å²) in [4.78, 5) is 0. The Kier molecular flexibility index (Phi) is 5.25. The lowest BCUT2D eigenvalue weighted by Gasteiger charge is -2.33. The lowest BCUT2D eigenvalue weighted by molar-refractivity contribution is 0.0971. The van der Waals surface area contributed by atoms with Crippen LogP contribution in [0.4, 0.5) is 0 Å². The minimum Gasteiger partial charge on any atom is -0.497 e. The van der Waals surface area contributed by atoms with E-state index in [9.17, 15) is 5.11 Å². The summed E-state index contributed by atoms with van der Waals surface area (Å²) in [6.07, 6.45) is 2.92. The summed E-state index contributed by atoms with van der Waals surface area (Å²) in [6.45, 7) is 3.21. The highest BCUT2D eigenvalue weighted by Gasteiger charge is 2.28. The Morgan fingerprint density at radius 3 is 3.00 bits per heavy atom. The molecule has 4 heteroatoms. The Balaban J connectivity index is 2.16. The van der Waals surface area contributed by atoms with Gasteiger partial charge in [0.15, 0.2) is 0 Å². The maximum Gasteiger partial charge on any atom is 0.119 e. The molecule has 0 bridgehead atoms. The Morgan fingerprint density at radius 1 is 1.53 bits per heavy atom. The van der Waals surface area contributed by atoms with E-state index in [1.54, 1.807) is 7.11 Å². The van der Waals surface area contributed by atoms with Crippen LogP contribution in [0.25, 0.3) is 0 Å². The average molecular weight is 328 g/mol. The van der Waals surface area contributed by atoms with Gasteiger partial charge in [0, 0.05) is 10.5 Å². The van der Waals surface area contributed by atoms with Gasteiger partial charge in [-0.2, -0.15) is 0 Å². The number of ether oxygens (including phenoxy) is 1. The molecule has 0 aromatic heterocycles. The summed E-state index contributed by atoms with van der Waals surface area (Å²) in [6, 6.07) is 5.86. The molecule has 1 aromatic carbocycles. The predicted octanol–water partition coefficient (Wildman–Crippen LogP) is 3.27. The van der Waals surface area contributed by atoms with Gasteiger partial charge in [-0.1, -0.05) is 29.3 Å². The van der Waals surface area contributed by atoms with Crippen molar-refractivity contribution in [2.24, 2.45) is 5.92 Å². The first kappa shape index (κ1) is 14.8. The molecule has 19 heavy (non-hydrogen) atoms. The molecule has 3 unspecified atom stereocenters. The first-order chi connectivity index (χ1) is 9.15. The highest BCUT2D eigenvalue weighted by molar-refractivity contribution is 9.10. The quantitative estimate of drug-likeness (QED) is 0.891. The molecule has 3 nitrogen and oxygen atoms in total. The average Bonchev–Trinajstić information content (AvgIpc) is 2.47. The van der Waals surface area contributed by atoms with Crippen molar-refractivity contribution in [2.75, 3.05) is 13.7 Å². The molecule has 0 aliphatic carbocycles. The van der Waals surface area contributed by atoms with Gasteiger partial charge in [-0.25, -0.2) is 0 Å². The van der Waals surface area contributed by atoms with Gasteiger partial charge in [-0.15, -0.1) is 0 Å². The number of hydrogen-bond acceptors (Lipinski definition) is 3. The normalized spacial score (nSPS) is 25.1. The van der Waals surface area contributed by atoms with Crippen LogP contribution in [-0.4, -0.2) is 24.8 Å². The molecule has 1 aliphatic rings. The number of rotatable bonds is 4. The van der Waals surface area contributed by atoms with E-state index in [0.717, 1.165) is 28.8 Å². The van der Waals surface area contributed by atoms with Crippen molar-refractivity contribution in [3.05, 3.63) is 28.2 Å². The highest BCUT2D eigenvalue weighted by atomic mass is 79.9. The van der Waals surface area contributed by atoms with E-state index in [4.69, 9.17) is 4.74 Å². The van der Waals surface area contributed by atoms with Crippen LogP contribution in [0.15, 0.2) is 22.7 Å². The first-order valence-corrected chi connectivity index (χ1v) is 7.69. The predicted molar refractivity (Wildman–Crippen MR) is 80.5 cm³/mol. The van der Waals surface area contributed by atoms with Gasteiger partial charge in [0.05, 0.1) is 13.2 Å². The van der Waals surface area contributed by atoms with E-state index >= 15 is 0 Å². The molecule has 0 amide bonds. The minimum absolute atomic E-state index is 0.127. The maximum absolute atomic E-state index is 10.6. The van der Waals surface area contributed by atoms with Crippen molar-refractivity contribution in [1.29, 1.82) is 0 Å². The third-order valence-corrected chi connectivity index (χ3v) is 4.75. The van der Waals surface area contributed by atoms with E-state index in [0.29, 0.717) is 5.92 Å². The van der Waals surface area contributed by atoms with Gasteiger partial charge in [-0.05, 0) is 49.1 Å². The highest BCUT2D eigenvalue weighted by Crippen LogP contribution is 2.33. The number of methoxy groups -OCH3 is 1. The number of aliphatic hydroxyl groups is 1. The Bertz CT molecular complexity index is 425. The van der Waals surface area contributed by atoms with Crippen LogP contribution in [0, 0.1) is 5.92 Å². The lowest BCUT2D eigenvalue weighted by atomic mass is 9.86. The lowest BCUT2D eigenvalue weighted by Crippen LogP contribution is -2.42. The topological polar surface area (TPSA) is 41.5 Å². The standard InChI is InChI=1S/C15H22BrNO2/c1-3-10-6-7-17-14(8-10)15(18)12-9-11(19-2)4-5-13(12)16/h4-5,9-10,14-15,17-18H,3,6-8H2,1-2H3. The largest absolute Gasteiger partial charge is 0.497 e. The first-order valence-electron chi connectivity index (χ1n) is 6.90. The fourth-order valence-electron chi connectivity index (χ4n) is 2.74. The number of hydrogen-bond donors (Lipinski definition) is 2. The third-order valence-electron chi connectivity index (χ3n) is 4.03. The second-order valence-electron chi connectivity index (χ2n) is 5.19. The van der Waals surface area contributed by atoms with Crippen LogP contribution in [0.1, 0.15) is 37.9 Å². The molecule has 1 fully saturated rings. The number of nitrogens with one attached hydrogen (secondary N) is 1. The van der Waals surface area contributed by atoms with Crippen molar-refractivity contribution in [3.63, 3.8) is 0 Å². The second-order valence-corrected chi connectivity index (χ2v) is 6.05. The van der Waals surface area contributed by atoms with Gasteiger partial charge in [0.1, 0.15) is 5.75 Å². The fraction of sp³-hybridized carbons (Fsp3) is 0.600. The minimum atomic E-state index is -0.501. The van der Waals surface area contributed by atoms with Gasteiger partial charge < -0.3 is 15.2 Å². The number of benzene rings is 1. The zero-order valence-electron chi connectivity index (χ0n) is 11.5. The van der Waals surface area contributed by atoms with Crippen LogP contribution >= 0.6 is 15.9 Å². The van der Waals surface area contributed by atoms with E-state index < -0.39 is 6.10 Å². The Morgan fingerprint density at radius 2 is 2.32 bits per heavy atom. The zero-order valence-corrected chi connectivity index (χ0v) is 13.1. The number of piperidine rings is 1. The van der Waals surface area contributed by atoms with Crippen LogP contribution < -0.4 is 10.1 Å². The molecule has 1 aliphatic heterocycles. The molecule has 0 radical (unpaired) electrons. The van der Waals surface area contributed by atoms with Crippen molar-refractivity contribution in [1.82, 2.24) is 5.32 Å². The summed E-state index contributed by atoms with van der Waals surface area (Å²) in [5.41, 5.74) is 0.897. The molecule has 1 saturated heterocycles. The summed E-state index contributed by atoms with van der Waals surface area (Å²) in [7, 11) is 1.64. The summed E-state index contributed by atoms with van der Waals surface area (Å²) in [5.74, 6) is 1.49. The van der Waals surface area contributed by atoms with E-state index in [-0.39, 0.29) is 6.04 Å². The van der Waals surface area contributed by atoms with E-state index in [1.165, 1.54) is 12.8 Å². The van der Waals surface area contributed by atoms with Crippen LogP contribution in [0.5, 0.6) is 5.75 Å². The summed E-state index contributed by atoms with van der Waals surface area (Å²) >= 11 is 3.52. The number of aliphatic hydroxyl groups excluding tert-OH is 1. The SMILES string of the molecule is CCC1CCNC(C(O)c2cc(OC)ccc2Br)C1. The van der Waals surface area contributed by atoms with Gasteiger partial charge in [0.2, 0.25) is 0 Å². The van der Waals surface area contributed by atoms with Crippen molar-refractivity contribution in [2.45, 2.75) is 38.3 Å². The van der Waals surface area contributed by atoms with Crippen LogP contribution in [0.2, 0.25) is 0 Å². The van der Waals surface area contributed by atoms with E-state index in [2.05, 4.69) is 28.2 Å². The zero-order chi connectivity index (χ0) is 13.8. The van der Waals surface area contributed by atoms with Gasteiger partial charge >= 0.3 is 0 Å². The molecule has 3 atom stereocenters. The molecule has 1 heterocycles. The van der Waals surface area contributed by atoms with Crippen LogP contribution in [0.3, 0.4) is 0 Å². The maximum atomic E-state index is 10.6. The van der Waals surface area contributed by atoms with Crippen LogP contribution in [-0.2, 0) is 0 Å². The van der Waals surface area contributed by atoms with E-state index in [1.807, 2.05) is 18.2 Å². The van der Waals surface area contributed by atoms with Crippen molar-refractivity contribution in [3.8, 4) is 5.75 Å². The molecule has 1 aromatic rings. The molecule has 0 saturated carbocycles. The molecule has 106 valence electrons. The van der Waals surface area contributed by atoms with Crippen molar-refractivity contribution >= 4 is 15.9 Å². The monoisotopic (exact) mass is 327 g/mol. The van der Waals surface area contributed by atoms with Crippen molar-refractivity contribution < 1.29 is 9.84 Å². The second kappa shape index (κ2) is 6.73. The molecular formula is C15H22BrNO2. The molecule has 0 spiro atoms. The van der Waals surface area contributed by atoms with Gasteiger partial charge in [0.25, 0.3) is 0 Å². The molecule has 2 rings (SSSR count). The fourth-order valence-corrected chi connectivity index (χ4v) is 3.22. The molecule has 2 N–H and O–H groups in total. The molecular weight excluding hydrogens is 306 g/mol. The summed E-state index contributed by atoms with van der Waals surface area (Å²) < 4.78 is 6.17. The Labute approximate surface area is 123 Å². The Hall–Kier alpha value is -0.580. The summed E-state index contributed by atoms with van der Waals surface area (Å²) in [5, 5.41) is 14.0. The number of halogens is 1. The van der Waals surface area contributed by atoms with Gasteiger partial charge in [-0.3, -0.25) is 0 Å². The smallest absolute Gasteiger partial charge is 0.119 e. The third kappa shape index (κ3) is 3.50.